The van der Waals surface area contributed by atoms with E-state index in [0.29, 0.717) is 35.8 Å². The summed E-state index contributed by atoms with van der Waals surface area (Å²) >= 11 is 0. The summed E-state index contributed by atoms with van der Waals surface area (Å²) < 4.78 is 10.5. The molecule has 0 fully saturated rings. The average molecular weight is 411 g/mol. The van der Waals surface area contributed by atoms with E-state index in [1.54, 1.807) is 24.3 Å². The van der Waals surface area contributed by atoms with E-state index in [1.165, 1.54) is 36.4 Å². The first-order valence-corrected chi connectivity index (χ1v) is 9.46. The minimum absolute atomic E-state index is 0.0202. The van der Waals surface area contributed by atoms with Crippen LogP contribution in [0.2, 0.25) is 0 Å². The molecule has 0 aliphatic heterocycles. The van der Waals surface area contributed by atoms with E-state index in [4.69, 9.17) is 15.2 Å². The van der Waals surface area contributed by atoms with Crippen molar-refractivity contribution in [2.24, 2.45) is 5.73 Å². The third-order valence-corrected chi connectivity index (χ3v) is 3.91. The molecule has 7 nitrogen and oxygen atoms in total. The van der Waals surface area contributed by atoms with Crippen molar-refractivity contribution in [3.05, 3.63) is 59.7 Å². The number of ether oxygens (including phenoxy) is 2. The lowest BCUT2D eigenvalue weighted by atomic mass is 10.1. The van der Waals surface area contributed by atoms with E-state index in [0.717, 1.165) is 0 Å². The highest BCUT2D eigenvalue weighted by molar-refractivity contribution is 6.10. The molecule has 4 N–H and O–H groups in total. The molecule has 0 aliphatic carbocycles. The molecule has 0 unspecified atom stereocenters. The zero-order valence-electron chi connectivity index (χ0n) is 16.7. The maximum Gasteiger partial charge on any atom is 0.163 e. The van der Waals surface area contributed by atoms with Crippen LogP contribution >= 0.6 is 0 Å². The van der Waals surface area contributed by atoms with E-state index in [2.05, 4.69) is 0 Å². The van der Waals surface area contributed by atoms with Crippen LogP contribution in [0.4, 0.5) is 0 Å². The average Bonchev–Trinajstić information content (AvgIpc) is 2.72. The fourth-order valence-electron chi connectivity index (χ4n) is 2.51. The summed E-state index contributed by atoms with van der Waals surface area (Å²) in [5.41, 5.74) is 6.55. The van der Waals surface area contributed by atoms with Crippen molar-refractivity contribution in [3.8, 4) is 23.0 Å². The van der Waals surface area contributed by atoms with Gasteiger partial charge in [-0.05, 0) is 54.5 Å². The zero-order chi connectivity index (χ0) is 21.9. The number of carbonyl (C=O) groups is 2. The first kappa shape index (κ1) is 22.7. The van der Waals surface area contributed by atoms with Crippen LogP contribution in [0.25, 0.3) is 12.2 Å². The second-order valence-corrected chi connectivity index (χ2v) is 6.30. The first-order chi connectivity index (χ1) is 14.4. The SMILES string of the molecule is CCOc1ccc(/C=C/C(=O)CC(=O)/C=C/c2ccc(OCCN)c(O)c2)cc1O. The maximum atomic E-state index is 12.0. The number of nitrogens with two attached hydrogens (primary N) is 1. The Morgan fingerprint density at radius 1 is 0.900 bits per heavy atom. The summed E-state index contributed by atoms with van der Waals surface area (Å²) in [7, 11) is 0. The molecular weight excluding hydrogens is 386 g/mol. The highest BCUT2D eigenvalue weighted by atomic mass is 16.5. The van der Waals surface area contributed by atoms with Crippen LogP contribution in [-0.4, -0.2) is 41.5 Å². The predicted molar refractivity (Wildman–Crippen MR) is 115 cm³/mol. The molecule has 158 valence electrons. The van der Waals surface area contributed by atoms with E-state index >= 15 is 0 Å². The minimum atomic E-state index is -0.373. The molecule has 7 heteroatoms. The van der Waals surface area contributed by atoms with Crippen LogP contribution in [0.1, 0.15) is 24.5 Å². The number of hydrogen-bond donors (Lipinski definition) is 3. The molecule has 0 heterocycles. The third-order valence-electron chi connectivity index (χ3n) is 3.91. The standard InChI is InChI=1S/C23H25NO6/c1-2-29-22-9-5-16(13-20(22)27)3-7-18(25)15-19(26)8-4-17-6-10-23(21(28)14-17)30-12-11-24/h3-10,13-14,27-28H,2,11-12,15,24H2,1H3/b7-3+,8-4+. The molecule has 0 atom stereocenters. The number of ketones is 2. The summed E-state index contributed by atoms with van der Waals surface area (Å²) in [4.78, 5) is 24.0. The molecule has 2 aromatic rings. The Balaban J connectivity index is 1.91. The molecule has 0 aliphatic rings. The Labute approximate surface area is 175 Å². The number of hydrogen-bond acceptors (Lipinski definition) is 7. The summed E-state index contributed by atoms with van der Waals surface area (Å²) in [6, 6.07) is 9.49. The number of phenols is 2. The van der Waals surface area contributed by atoms with Gasteiger partial charge in [0.25, 0.3) is 0 Å². The normalized spacial score (nSPS) is 11.1. The first-order valence-electron chi connectivity index (χ1n) is 9.46. The quantitative estimate of drug-likeness (QED) is 0.384. The van der Waals surface area contributed by atoms with Crippen molar-refractivity contribution < 1.29 is 29.3 Å². The van der Waals surface area contributed by atoms with E-state index < -0.39 is 0 Å². The van der Waals surface area contributed by atoms with Gasteiger partial charge in [0, 0.05) is 6.54 Å². The topological polar surface area (TPSA) is 119 Å². The van der Waals surface area contributed by atoms with Gasteiger partial charge in [0.2, 0.25) is 0 Å². The minimum Gasteiger partial charge on any atom is -0.504 e. The smallest absolute Gasteiger partial charge is 0.163 e. The molecule has 0 spiro atoms. The second kappa shape index (κ2) is 11.4. The molecule has 0 saturated carbocycles. The van der Waals surface area contributed by atoms with E-state index in [1.807, 2.05) is 6.92 Å². The van der Waals surface area contributed by atoms with Gasteiger partial charge in [-0.2, -0.15) is 0 Å². The summed E-state index contributed by atoms with van der Waals surface area (Å²) in [5, 5.41) is 19.8. The Hall–Kier alpha value is -3.58. The van der Waals surface area contributed by atoms with Gasteiger partial charge in [0.05, 0.1) is 13.0 Å². The van der Waals surface area contributed by atoms with Gasteiger partial charge >= 0.3 is 0 Å². The lowest BCUT2D eigenvalue weighted by Crippen LogP contribution is -2.10. The molecule has 2 rings (SSSR count). The molecule has 0 bridgehead atoms. The number of rotatable bonds is 11. The van der Waals surface area contributed by atoms with Gasteiger partial charge in [-0.25, -0.2) is 0 Å². The van der Waals surface area contributed by atoms with Crippen molar-refractivity contribution in [3.63, 3.8) is 0 Å². The van der Waals surface area contributed by atoms with Crippen molar-refractivity contribution >= 4 is 23.7 Å². The maximum absolute atomic E-state index is 12.0. The summed E-state index contributed by atoms with van der Waals surface area (Å²) in [5.74, 6) is -0.145. The summed E-state index contributed by atoms with van der Waals surface area (Å²) in [6.07, 6.45) is 5.31. The number of allylic oxidation sites excluding steroid dienone is 2. The Morgan fingerprint density at radius 2 is 1.40 bits per heavy atom. The summed E-state index contributed by atoms with van der Waals surface area (Å²) in [6.45, 7) is 2.86. The molecule has 0 amide bonds. The van der Waals surface area contributed by atoms with Crippen molar-refractivity contribution in [1.82, 2.24) is 0 Å². The second-order valence-electron chi connectivity index (χ2n) is 6.30. The van der Waals surface area contributed by atoms with E-state index in [9.17, 15) is 19.8 Å². The van der Waals surface area contributed by atoms with Gasteiger partial charge in [0.15, 0.2) is 34.6 Å². The molecular formula is C23H25NO6. The monoisotopic (exact) mass is 411 g/mol. The lowest BCUT2D eigenvalue weighted by molar-refractivity contribution is -0.121. The lowest BCUT2D eigenvalue weighted by Gasteiger charge is -2.07. The van der Waals surface area contributed by atoms with Crippen LogP contribution in [-0.2, 0) is 9.59 Å². The highest BCUT2D eigenvalue weighted by Gasteiger charge is 2.06. The zero-order valence-corrected chi connectivity index (χ0v) is 16.7. The Morgan fingerprint density at radius 3 is 1.83 bits per heavy atom. The predicted octanol–water partition coefficient (Wildman–Crippen LogP) is 3.09. The number of benzene rings is 2. The van der Waals surface area contributed by atoms with E-state index in [-0.39, 0.29) is 36.1 Å². The fraction of sp³-hybridized carbons (Fsp3) is 0.217. The van der Waals surface area contributed by atoms with Gasteiger partial charge in [-0.3, -0.25) is 9.59 Å². The number of phenolic OH excluding ortho intramolecular Hbond substituents is 2. The van der Waals surface area contributed by atoms with Gasteiger partial charge in [0.1, 0.15) is 6.61 Å². The van der Waals surface area contributed by atoms with Gasteiger partial charge in [-0.1, -0.05) is 24.3 Å². The largest absolute Gasteiger partial charge is 0.504 e. The third kappa shape index (κ3) is 7.10. The molecule has 2 aromatic carbocycles. The van der Waals surface area contributed by atoms with Crippen LogP contribution in [0.15, 0.2) is 48.6 Å². The molecule has 0 saturated heterocycles. The van der Waals surface area contributed by atoms with Gasteiger partial charge in [-0.15, -0.1) is 0 Å². The number of aromatic hydroxyl groups is 2. The van der Waals surface area contributed by atoms with Crippen molar-refractivity contribution in [2.45, 2.75) is 13.3 Å². The van der Waals surface area contributed by atoms with Crippen LogP contribution in [0.5, 0.6) is 23.0 Å². The fourth-order valence-corrected chi connectivity index (χ4v) is 2.51. The van der Waals surface area contributed by atoms with Gasteiger partial charge < -0.3 is 25.4 Å². The van der Waals surface area contributed by atoms with Crippen molar-refractivity contribution in [2.75, 3.05) is 19.8 Å². The van der Waals surface area contributed by atoms with Crippen LogP contribution in [0, 0.1) is 0 Å². The van der Waals surface area contributed by atoms with Crippen molar-refractivity contribution in [1.29, 1.82) is 0 Å². The molecule has 30 heavy (non-hydrogen) atoms. The van der Waals surface area contributed by atoms with Crippen LogP contribution < -0.4 is 15.2 Å². The molecule has 0 aromatic heterocycles. The molecule has 0 radical (unpaired) electrons. The Bertz CT molecular complexity index is 949. The Kier molecular flexibility index (Phi) is 8.65. The number of carbonyl (C=O) groups excluding carboxylic acids is 2. The highest BCUT2D eigenvalue weighted by Crippen LogP contribution is 2.28. The van der Waals surface area contributed by atoms with Crippen LogP contribution in [0.3, 0.4) is 0 Å².